The normalized spacial score (nSPS) is 20.2. The molecule has 2 amide bonds. The van der Waals surface area contributed by atoms with Gasteiger partial charge in [-0.25, -0.2) is 4.79 Å². The van der Waals surface area contributed by atoms with Gasteiger partial charge in [0.25, 0.3) is 0 Å². The van der Waals surface area contributed by atoms with Gasteiger partial charge >= 0.3 is 12.0 Å². The Morgan fingerprint density at radius 3 is 2.37 bits per heavy atom. The van der Waals surface area contributed by atoms with Gasteiger partial charge in [0.15, 0.2) is 0 Å². The van der Waals surface area contributed by atoms with Crippen LogP contribution in [0.25, 0.3) is 0 Å². The fourth-order valence-corrected chi connectivity index (χ4v) is 2.20. The number of rotatable bonds is 3. The molecule has 0 unspecified atom stereocenters. The highest BCUT2D eigenvalue weighted by Crippen LogP contribution is 2.19. The summed E-state index contributed by atoms with van der Waals surface area (Å²) in [6, 6.07) is -0.188. The largest absolute Gasteiger partial charge is 0.481 e. The van der Waals surface area contributed by atoms with Gasteiger partial charge in [-0.15, -0.1) is 0 Å². The van der Waals surface area contributed by atoms with E-state index in [1.54, 1.807) is 18.7 Å². The Balaban J connectivity index is 2.62. The van der Waals surface area contributed by atoms with Crippen LogP contribution in [0.2, 0.25) is 0 Å². The third-order valence-electron chi connectivity index (χ3n) is 3.64. The first-order chi connectivity index (χ1) is 8.53. The van der Waals surface area contributed by atoms with Crippen LogP contribution in [0.3, 0.4) is 0 Å². The molecule has 2 N–H and O–H groups in total. The minimum atomic E-state index is -0.913. The first-order valence-electron chi connectivity index (χ1n) is 6.54. The molecule has 0 aromatic carbocycles. The lowest BCUT2D eigenvalue weighted by Crippen LogP contribution is -2.62. The molecule has 0 spiro atoms. The second kappa shape index (κ2) is 5.36. The van der Waals surface area contributed by atoms with Gasteiger partial charge in [-0.1, -0.05) is 0 Å². The summed E-state index contributed by atoms with van der Waals surface area (Å²) in [5.41, 5.74) is -0.803. The van der Waals surface area contributed by atoms with Gasteiger partial charge in [0, 0.05) is 30.7 Å². The van der Waals surface area contributed by atoms with Gasteiger partial charge in [0.2, 0.25) is 0 Å². The average Bonchev–Trinajstić information content (AvgIpc) is 2.18. The molecule has 0 aromatic heterocycles. The molecule has 1 saturated heterocycles. The maximum absolute atomic E-state index is 12.2. The molecule has 6 heteroatoms. The van der Waals surface area contributed by atoms with Crippen LogP contribution in [0.1, 0.15) is 34.1 Å². The van der Waals surface area contributed by atoms with Crippen LogP contribution in [-0.2, 0) is 4.79 Å². The molecule has 0 atom stereocenters. The molecular formula is C13H25N3O3. The second-order valence-electron chi connectivity index (χ2n) is 6.54. The number of hydrogen-bond donors (Lipinski definition) is 2. The van der Waals surface area contributed by atoms with E-state index in [-0.39, 0.29) is 18.0 Å². The minimum Gasteiger partial charge on any atom is -0.481 e. The van der Waals surface area contributed by atoms with Crippen LogP contribution in [0, 0.1) is 0 Å². The number of piperazine rings is 1. The Labute approximate surface area is 114 Å². The summed E-state index contributed by atoms with van der Waals surface area (Å²) >= 11 is 0. The van der Waals surface area contributed by atoms with E-state index in [2.05, 4.69) is 24.1 Å². The van der Waals surface area contributed by atoms with Crippen molar-refractivity contribution in [3.8, 4) is 0 Å². The minimum absolute atomic E-state index is 0.0630. The van der Waals surface area contributed by atoms with Crippen molar-refractivity contribution in [3.05, 3.63) is 0 Å². The molecule has 6 nitrogen and oxygen atoms in total. The number of carbonyl (C=O) groups excluding carboxylic acids is 1. The molecule has 0 radical (unpaired) electrons. The zero-order valence-corrected chi connectivity index (χ0v) is 12.5. The number of carboxylic acids is 1. The molecule has 19 heavy (non-hydrogen) atoms. The molecular weight excluding hydrogens is 246 g/mol. The van der Waals surface area contributed by atoms with E-state index in [1.165, 1.54) is 0 Å². The first-order valence-corrected chi connectivity index (χ1v) is 6.54. The Bertz CT molecular complexity index is 366. The lowest BCUT2D eigenvalue weighted by Gasteiger charge is -2.45. The SMILES string of the molecule is CN1CCN(C(=O)NC(C)(C)CC(=O)O)CC1(C)C. The number of amides is 2. The van der Waals surface area contributed by atoms with E-state index in [0.717, 1.165) is 6.54 Å². The third kappa shape index (κ3) is 4.38. The molecule has 1 aliphatic heterocycles. The average molecular weight is 271 g/mol. The van der Waals surface area contributed by atoms with Crippen molar-refractivity contribution >= 4 is 12.0 Å². The number of nitrogens with zero attached hydrogens (tertiary/aromatic N) is 2. The van der Waals surface area contributed by atoms with Crippen molar-refractivity contribution in [1.82, 2.24) is 15.1 Å². The van der Waals surface area contributed by atoms with E-state index in [1.807, 2.05) is 7.05 Å². The lowest BCUT2D eigenvalue weighted by atomic mass is 9.99. The van der Waals surface area contributed by atoms with Crippen LogP contribution >= 0.6 is 0 Å². The van der Waals surface area contributed by atoms with Gasteiger partial charge in [-0.3, -0.25) is 9.69 Å². The van der Waals surface area contributed by atoms with Crippen LogP contribution in [0.15, 0.2) is 0 Å². The molecule has 1 heterocycles. The molecule has 0 saturated carbocycles. The lowest BCUT2D eigenvalue weighted by molar-refractivity contribution is -0.138. The summed E-state index contributed by atoms with van der Waals surface area (Å²) < 4.78 is 0. The van der Waals surface area contributed by atoms with Gasteiger partial charge in [0.1, 0.15) is 0 Å². The number of nitrogens with one attached hydrogen (secondary N) is 1. The molecule has 1 fully saturated rings. The zero-order chi connectivity index (χ0) is 14.8. The Morgan fingerprint density at radius 1 is 1.32 bits per heavy atom. The van der Waals surface area contributed by atoms with Crippen LogP contribution in [0.4, 0.5) is 4.79 Å². The third-order valence-corrected chi connectivity index (χ3v) is 3.64. The number of carbonyl (C=O) groups is 2. The van der Waals surface area contributed by atoms with Crippen molar-refractivity contribution < 1.29 is 14.7 Å². The number of aliphatic carboxylic acids is 1. The topological polar surface area (TPSA) is 72.9 Å². The molecule has 1 aliphatic rings. The summed E-state index contributed by atoms with van der Waals surface area (Å²) in [5.74, 6) is -0.913. The Morgan fingerprint density at radius 2 is 1.89 bits per heavy atom. The highest BCUT2D eigenvalue weighted by Gasteiger charge is 2.35. The van der Waals surface area contributed by atoms with E-state index in [9.17, 15) is 9.59 Å². The molecule has 0 aromatic rings. The standard InChI is InChI=1S/C13H25N3O3/c1-12(2,8-10(17)18)14-11(19)16-7-6-15(5)13(3,4)9-16/h6-9H2,1-5H3,(H,14,19)(H,17,18). The number of urea groups is 1. The van der Waals surface area contributed by atoms with Crippen molar-refractivity contribution in [2.45, 2.75) is 45.2 Å². The Hall–Kier alpha value is -1.30. The summed E-state index contributed by atoms with van der Waals surface area (Å²) in [6.07, 6.45) is -0.0874. The quantitative estimate of drug-likeness (QED) is 0.802. The zero-order valence-electron chi connectivity index (χ0n) is 12.5. The van der Waals surface area contributed by atoms with E-state index < -0.39 is 11.5 Å². The number of hydrogen-bond acceptors (Lipinski definition) is 3. The number of likely N-dealkylation sites (N-methyl/N-ethyl adjacent to an activating group) is 1. The fourth-order valence-electron chi connectivity index (χ4n) is 2.20. The highest BCUT2D eigenvalue weighted by molar-refractivity contribution is 5.77. The van der Waals surface area contributed by atoms with Crippen molar-refractivity contribution in [3.63, 3.8) is 0 Å². The van der Waals surface area contributed by atoms with Gasteiger partial charge < -0.3 is 15.3 Å². The number of carboxylic acid groups (broad SMARTS) is 1. The highest BCUT2D eigenvalue weighted by atomic mass is 16.4. The molecule has 110 valence electrons. The first kappa shape index (κ1) is 15.8. The van der Waals surface area contributed by atoms with E-state index >= 15 is 0 Å². The van der Waals surface area contributed by atoms with Crippen LogP contribution in [-0.4, -0.2) is 64.7 Å². The van der Waals surface area contributed by atoms with Crippen molar-refractivity contribution in [2.24, 2.45) is 0 Å². The van der Waals surface area contributed by atoms with Crippen molar-refractivity contribution in [1.29, 1.82) is 0 Å². The summed E-state index contributed by atoms with van der Waals surface area (Å²) in [4.78, 5) is 26.9. The smallest absolute Gasteiger partial charge is 0.317 e. The Kier molecular flexibility index (Phi) is 4.45. The monoisotopic (exact) mass is 271 g/mol. The second-order valence-corrected chi connectivity index (χ2v) is 6.54. The van der Waals surface area contributed by atoms with Gasteiger partial charge in [0.05, 0.1) is 6.42 Å². The maximum Gasteiger partial charge on any atom is 0.317 e. The molecule has 0 bridgehead atoms. The van der Waals surface area contributed by atoms with Gasteiger partial charge in [-0.2, -0.15) is 0 Å². The summed E-state index contributed by atoms with van der Waals surface area (Å²) in [7, 11) is 2.05. The summed E-state index contributed by atoms with van der Waals surface area (Å²) in [5, 5.41) is 11.6. The molecule has 0 aliphatic carbocycles. The predicted octanol–water partition coefficient (Wildman–Crippen LogP) is 0.975. The van der Waals surface area contributed by atoms with Gasteiger partial charge in [-0.05, 0) is 34.7 Å². The van der Waals surface area contributed by atoms with E-state index in [4.69, 9.17) is 5.11 Å². The summed E-state index contributed by atoms with van der Waals surface area (Å²) in [6.45, 7) is 9.75. The predicted molar refractivity (Wildman–Crippen MR) is 73.1 cm³/mol. The van der Waals surface area contributed by atoms with Crippen LogP contribution < -0.4 is 5.32 Å². The van der Waals surface area contributed by atoms with Crippen LogP contribution in [0.5, 0.6) is 0 Å². The maximum atomic E-state index is 12.2. The van der Waals surface area contributed by atoms with Crippen molar-refractivity contribution in [2.75, 3.05) is 26.7 Å². The van der Waals surface area contributed by atoms with E-state index in [0.29, 0.717) is 13.1 Å². The fraction of sp³-hybridized carbons (Fsp3) is 0.846. The molecule has 1 rings (SSSR count).